The number of amides is 1. The van der Waals surface area contributed by atoms with E-state index in [-0.39, 0.29) is 16.4 Å². The molecule has 0 aliphatic heterocycles. The fraction of sp³-hybridized carbons (Fsp3) is 0.438. The molecule has 2 rings (SSSR count). The highest BCUT2D eigenvalue weighted by Gasteiger charge is 2.19. The highest BCUT2D eigenvalue weighted by atomic mass is 79.9. The molecule has 120 valence electrons. The van der Waals surface area contributed by atoms with E-state index in [1.54, 1.807) is 6.07 Å². The topological polar surface area (TPSA) is 59.3 Å². The van der Waals surface area contributed by atoms with Crippen LogP contribution in [0.2, 0.25) is 0 Å². The lowest BCUT2D eigenvalue weighted by Crippen LogP contribution is -2.32. The number of benzene rings is 1. The highest BCUT2D eigenvalue weighted by molar-refractivity contribution is 9.10. The summed E-state index contributed by atoms with van der Waals surface area (Å²) in [7, 11) is -0.983. The Morgan fingerprint density at radius 3 is 2.64 bits per heavy atom. The molecule has 0 saturated heterocycles. The minimum absolute atomic E-state index is 0.270. The van der Waals surface area contributed by atoms with E-state index >= 15 is 0 Å². The lowest BCUT2D eigenvalue weighted by atomic mass is 10.2. The summed E-state index contributed by atoms with van der Waals surface area (Å²) in [6.45, 7) is 8.06. The third kappa shape index (κ3) is 3.98. The van der Waals surface area contributed by atoms with Crippen molar-refractivity contribution in [1.29, 1.82) is 0 Å². The van der Waals surface area contributed by atoms with Crippen LogP contribution in [0.4, 0.5) is 0 Å². The van der Waals surface area contributed by atoms with Crippen LogP contribution in [0, 0.1) is 6.92 Å². The number of hydrogen-bond acceptors (Lipinski definition) is 3. The van der Waals surface area contributed by atoms with Gasteiger partial charge in [-0.25, -0.2) is 0 Å². The molecular formula is C16H20BrNO3S. The van der Waals surface area contributed by atoms with Gasteiger partial charge in [0.2, 0.25) is 0 Å². The highest BCUT2D eigenvalue weighted by Crippen LogP contribution is 2.26. The molecule has 1 amide bonds. The van der Waals surface area contributed by atoms with Gasteiger partial charge in [-0.2, -0.15) is 0 Å². The molecule has 1 unspecified atom stereocenters. The molecule has 6 heteroatoms. The minimum Gasteiger partial charge on any atom is -0.451 e. The van der Waals surface area contributed by atoms with Crippen molar-refractivity contribution in [3.63, 3.8) is 0 Å². The molecule has 1 aromatic carbocycles. The molecule has 22 heavy (non-hydrogen) atoms. The van der Waals surface area contributed by atoms with Gasteiger partial charge in [0.25, 0.3) is 5.91 Å². The first-order valence-corrected chi connectivity index (χ1v) is 9.16. The molecule has 1 heterocycles. The van der Waals surface area contributed by atoms with Crippen LogP contribution in [-0.2, 0) is 10.8 Å². The van der Waals surface area contributed by atoms with Gasteiger partial charge in [-0.05, 0) is 51.5 Å². The first kappa shape index (κ1) is 17.2. The number of rotatable bonds is 4. The predicted octanol–water partition coefficient (Wildman–Crippen LogP) is 3.78. The zero-order valence-electron chi connectivity index (χ0n) is 13.2. The molecule has 1 aromatic heterocycles. The van der Waals surface area contributed by atoms with Crippen LogP contribution < -0.4 is 5.32 Å². The molecule has 0 radical (unpaired) electrons. The van der Waals surface area contributed by atoms with Crippen molar-refractivity contribution < 1.29 is 13.4 Å². The third-order valence-corrected chi connectivity index (χ3v) is 5.65. The van der Waals surface area contributed by atoms with Crippen molar-refractivity contribution in [2.24, 2.45) is 0 Å². The van der Waals surface area contributed by atoms with E-state index in [2.05, 4.69) is 21.2 Å². The smallest absolute Gasteiger partial charge is 0.287 e. The van der Waals surface area contributed by atoms with E-state index in [0.29, 0.717) is 17.9 Å². The number of fused-ring (bicyclic) bond motifs is 1. The Balaban J connectivity index is 2.05. The van der Waals surface area contributed by atoms with Gasteiger partial charge in [-0.3, -0.25) is 9.00 Å². The summed E-state index contributed by atoms with van der Waals surface area (Å²) in [5, 5.41) is 3.64. The van der Waals surface area contributed by atoms with Gasteiger partial charge in [0.1, 0.15) is 5.58 Å². The molecule has 1 atom stereocenters. The van der Waals surface area contributed by atoms with Gasteiger partial charge in [0, 0.05) is 37.7 Å². The molecule has 0 fully saturated rings. The summed E-state index contributed by atoms with van der Waals surface area (Å²) < 4.78 is 18.2. The van der Waals surface area contributed by atoms with Crippen LogP contribution in [0.5, 0.6) is 0 Å². The maximum absolute atomic E-state index is 12.1. The summed E-state index contributed by atoms with van der Waals surface area (Å²) in [5.41, 5.74) is 1.68. The zero-order valence-corrected chi connectivity index (χ0v) is 15.6. The Hall–Kier alpha value is -1.14. The SMILES string of the molecule is Cc1cc(Br)cc2cc(C(=O)NCCS(=O)C(C)(C)C)oc12. The van der Waals surface area contributed by atoms with Crippen LogP contribution in [0.25, 0.3) is 11.0 Å². The monoisotopic (exact) mass is 385 g/mol. The predicted molar refractivity (Wildman–Crippen MR) is 93.7 cm³/mol. The minimum atomic E-state index is -0.983. The van der Waals surface area contributed by atoms with Gasteiger partial charge in [-0.1, -0.05) is 15.9 Å². The Bertz CT molecular complexity index is 731. The third-order valence-electron chi connectivity index (χ3n) is 3.25. The zero-order chi connectivity index (χ0) is 16.5. The second-order valence-electron chi connectivity index (χ2n) is 6.17. The molecule has 1 N–H and O–H groups in total. The van der Waals surface area contributed by atoms with Crippen molar-refractivity contribution >= 4 is 43.6 Å². The Labute approximate surface area is 141 Å². The maximum atomic E-state index is 12.1. The number of aryl methyl sites for hydroxylation is 1. The van der Waals surface area contributed by atoms with Crippen molar-refractivity contribution in [2.45, 2.75) is 32.4 Å². The summed E-state index contributed by atoms with van der Waals surface area (Å²) in [6.07, 6.45) is 0. The summed E-state index contributed by atoms with van der Waals surface area (Å²) >= 11 is 3.43. The Morgan fingerprint density at radius 1 is 1.32 bits per heavy atom. The Morgan fingerprint density at radius 2 is 2.00 bits per heavy atom. The second-order valence-corrected chi connectivity index (χ2v) is 9.41. The normalized spacial score (nSPS) is 13.3. The number of carbonyl (C=O) groups is 1. The largest absolute Gasteiger partial charge is 0.451 e. The fourth-order valence-corrected chi connectivity index (χ4v) is 3.54. The van der Waals surface area contributed by atoms with Crippen molar-refractivity contribution in [2.75, 3.05) is 12.3 Å². The second kappa shape index (κ2) is 6.54. The van der Waals surface area contributed by atoms with E-state index in [4.69, 9.17) is 4.42 Å². The first-order valence-electron chi connectivity index (χ1n) is 7.05. The van der Waals surface area contributed by atoms with Crippen LogP contribution in [0.15, 0.2) is 27.1 Å². The lowest BCUT2D eigenvalue weighted by Gasteiger charge is -2.17. The number of carbonyl (C=O) groups excluding carboxylic acids is 1. The molecule has 0 bridgehead atoms. The number of halogens is 1. The summed E-state index contributed by atoms with van der Waals surface area (Å²) in [5.74, 6) is 0.426. The Kier molecular flexibility index (Phi) is 5.12. The fourth-order valence-electron chi connectivity index (χ4n) is 2.05. The molecule has 2 aromatic rings. The van der Waals surface area contributed by atoms with Crippen molar-refractivity contribution in [3.05, 3.63) is 34.0 Å². The maximum Gasteiger partial charge on any atom is 0.287 e. The average Bonchev–Trinajstić information content (AvgIpc) is 2.81. The van der Waals surface area contributed by atoms with E-state index < -0.39 is 10.8 Å². The van der Waals surface area contributed by atoms with E-state index in [0.717, 1.165) is 15.4 Å². The van der Waals surface area contributed by atoms with Crippen molar-refractivity contribution in [3.8, 4) is 0 Å². The van der Waals surface area contributed by atoms with Crippen LogP contribution in [0.1, 0.15) is 36.9 Å². The number of hydrogen-bond donors (Lipinski definition) is 1. The van der Waals surface area contributed by atoms with E-state index in [1.165, 1.54) is 0 Å². The standard InChI is InChI=1S/C16H20BrNO3S/c1-10-7-12(17)8-11-9-13(21-14(10)11)15(19)18-5-6-22(20)16(2,3)4/h7-9H,5-6H2,1-4H3,(H,18,19). The van der Waals surface area contributed by atoms with Gasteiger partial charge in [0.15, 0.2) is 5.76 Å². The van der Waals surface area contributed by atoms with Gasteiger partial charge >= 0.3 is 0 Å². The van der Waals surface area contributed by atoms with Crippen molar-refractivity contribution in [1.82, 2.24) is 5.32 Å². The van der Waals surface area contributed by atoms with Gasteiger partial charge in [0.05, 0.1) is 0 Å². The molecular weight excluding hydrogens is 366 g/mol. The summed E-state index contributed by atoms with van der Waals surface area (Å²) in [4.78, 5) is 12.1. The van der Waals surface area contributed by atoms with E-state index in [9.17, 15) is 9.00 Å². The van der Waals surface area contributed by atoms with Crippen LogP contribution in [-0.4, -0.2) is 27.2 Å². The quantitative estimate of drug-likeness (QED) is 0.870. The lowest BCUT2D eigenvalue weighted by molar-refractivity contribution is 0.0930. The molecule has 0 spiro atoms. The molecule has 0 aliphatic carbocycles. The first-order chi connectivity index (χ1) is 10.2. The molecule has 4 nitrogen and oxygen atoms in total. The molecule has 0 aliphatic rings. The number of furan rings is 1. The van der Waals surface area contributed by atoms with Crippen LogP contribution >= 0.6 is 15.9 Å². The number of nitrogens with one attached hydrogen (secondary N) is 1. The van der Waals surface area contributed by atoms with Gasteiger partial charge < -0.3 is 9.73 Å². The molecule has 0 saturated carbocycles. The van der Waals surface area contributed by atoms with E-state index in [1.807, 2.05) is 39.8 Å². The van der Waals surface area contributed by atoms with Crippen LogP contribution in [0.3, 0.4) is 0 Å². The van der Waals surface area contributed by atoms with Gasteiger partial charge in [-0.15, -0.1) is 0 Å². The summed E-state index contributed by atoms with van der Waals surface area (Å²) in [6, 6.07) is 5.58. The average molecular weight is 386 g/mol.